The lowest BCUT2D eigenvalue weighted by molar-refractivity contribution is 0.199. The van der Waals surface area contributed by atoms with Crippen LogP contribution in [0.2, 0.25) is 0 Å². The molecule has 0 bridgehead atoms. The maximum atomic E-state index is 9.76. The standard InChI is InChI=1S/C14H23NO2/c1-3-4-9-15(10-11-16)14-8-6-5-7-13(14)12(2)17/h5-8,12,16-17H,3-4,9-11H2,1-2H3/t12-/m0/s1. The van der Waals surface area contributed by atoms with E-state index in [1.165, 1.54) is 0 Å². The highest BCUT2D eigenvalue weighted by molar-refractivity contribution is 5.54. The molecule has 3 nitrogen and oxygen atoms in total. The molecule has 0 saturated carbocycles. The summed E-state index contributed by atoms with van der Waals surface area (Å²) < 4.78 is 0. The summed E-state index contributed by atoms with van der Waals surface area (Å²) in [4.78, 5) is 2.14. The van der Waals surface area contributed by atoms with E-state index in [1.54, 1.807) is 6.92 Å². The third kappa shape index (κ3) is 4.02. The first kappa shape index (κ1) is 14.0. The highest BCUT2D eigenvalue weighted by atomic mass is 16.3. The minimum Gasteiger partial charge on any atom is -0.395 e. The van der Waals surface area contributed by atoms with E-state index in [0.717, 1.165) is 30.6 Å². The topological polar surface area (TPSA) is 43.7 Å². The number of unbranched alkanes of at least 4 members (excludes halogenated alkanes) is 1. The fraction of sp³-hybridized carbons (Fsp3) is 0.571. The lowest BCUT2D eigenvalue weighted by atomic mass is 10.1. The van der Waals surface area contributed by atoms with Crippen molar-refractivity contribution in [2.45, 2.75) is 32.8 Å². The van der Waals surface area contributed by atoms with E-state index in [9.17, 15) is 5.11 Å². The van der Waals surface area contributed by atoms with Crippen LogP contribution in [0.4, 0.5) is 5.69 Å². The Morgan fingerprint density at radius 3 is 2.53 bits per heavy atom. The molecule has 0 heterocycles. The van der Waals surface area contributed by atoms with E-state index in [0.29, 0.717) is 6.54 Å². The molecule has 0 radical (unpaired) electrons. The van der Waals surface area contributed by atoms with Crippen LogP contribution in [0.5, 0.6) is 0 Å². The van der Waals surface area contributed by atoms with Gasteiger partial charge in [-0.05, 0) is 19.4 Å². The Labute approximate surface area is 104 Å². The maximum absolute atomic E-state index is 9.76. The van der Waals surface area contributed by atoms with Crippen molar-refractivity contribution in [2.24, 2.45) is 0 Å². The lowest BCUT2D eigenvalue weighted by Gasteiger charge is -2.27. The molecule has 0 aromatic heterocycles. The quantitative estimate of drug-likeness (QED) is 0.765. The number of para-hydroxylation sites is 1. The SMILES string of the molecule is CCCCN(CCO)c1ccccc1[C@H](C)O. The third-order valence-corrected chi connectivity index (χ3v) is 2.88. The predicted octanol–water partition coefficient (Wildman–Crippen LogP) is 2.34. The largest absolute Gasteiger partial charge is 0.395 e. The van der Waals surface area contributed by atoms with E-state index < -0.39 is 6.10 Å². The number of hydrogen-bond acceptors (Lipinski definition) is 3. The van der Waals surface area contributed by atoms with Crippen molar-refractivity contribution in [1.82, 2.24) is 0 Å². The first-order valence-corrected chi connectivity index (χ1v) is 6.33. The van der Waals surface area contributed by atoms with E-state index in [-0.39, 0.29) is 6.61 Å². The van der Waals surface area contributed by atoms with Gasteiger partial charge in [-0.2, -0.15) is 0 Å². The van der Waals surface area contributed by atoms with Crippen molar-refractivity contribution in [3.63, 3.8) is 0 Å². The van der Waals surface area contributed by atoms with Crippen LogP contribution in [0.1, 0.15) is 38.4 Å². The zero-order valence-corrected chi connectivity index (χ0v) is 10.8. The Morgan fingerprint density at radius 2 is 1.94 bits per heavy atom. The fourth-order valence-corrected chi connectivity index (χ4v) is 1.95. The summed E-state index contributed by atoms with van der Waals surface area (Å²) in [7, 11) is 0. The molecule has 1 aromatic rings. The second-order valence-electron chi connectivity index (χ2n) is 4.30. The van der Waals surface area contributed by atoms with Gasteiger partial charge < -0.3 is 15.1 Å². The van der Waals surface area contributed by atoms with Gasteiger partial charge in [0.1, 0.15) is 0 Å². The Kier molecular flexibility index (Phi) is 6.01. The number of aliphatic hydroxyl groups excluding tert-OH is 2. The summed E-state index contributed by atoms with van der Waals surface area (Å²) >= 11 is 0. The van der Waals surface area contributed by atoms with Crippen LogP contribution in [0.15, 0.2) is 24.3 Å². The van der Waals surface area contributed by atoms with Crippen molar-refractivity contribution < 1.29 is 10.2 Å². The zero-order chi connectivity index (χ0) is 12.7. The average molecular weight is 237 g/mol. The minimum absolute atomic E-state index is 0.137. The minimum atomic E-state index is -0.478. The molecular weight excluding hydrogens is 214 g/mol. The van der Waals surface area contributed by atoms with E-state index in [2.05, 4.69) is 11.8 Å². The van der Waals surface area contributed by atoms with E-state index in [1.807, 2.05) is 24.3 Å². The van der Waals surface area contributed by atoms with Crippen molar-refractivity contribution in [1.29, 1.82) is 0 Å². The molecule has 17 heavy (non-hydrogen) atoms. The van der Waals surface area contributed by atoms with Gasteiger partial charge in [0.15, 0.2) is 0 Å². The number of hydrogen-bond donors (Lipinski definition) is 2. The number of nitrogens with zero attached hydrogens (tertiary/aromatic N) is 1. The van der Waals surface area contributed by atoms with Crippen LogP contribution >= 0.6 is 0 Å². The highest BCUT2D eigenvalue weighted by Crippen LogP contribution is 2.26. The molecular formula is C14H23NO2. The van der Waals surface area contributed by atoms with Gasteiger partial charge in [0.05, 0.1) is 12.7 Å². The maximum Gasteiger partial charge on any atom is 0.0781 e. The number of anilines is 1. The monoisotopic (exact) mass is 237 g/mol. The average Bonchev–Trinajstić information content (AvgIpc) is 2.34. The highest BCUT2D eigenvalue weighted by Gasteiger charge is 2.12. The van der Waals surface area contributed by atoms with Crippen LogP contribution in [0, 0.1) is 0 Å². The smallest absolute Gasteiger partial charge is 0.0781 e. The number of rotatable bonds is 7. The zero-order valence-electron chi connectivity index (χ0n) is 10.8. The summed E-state index contributed by atoms with van der Waals surface area (Å²) in [5.41, 5.74) is 1.96. The lowest BCUT2D eigenvalue weighted by Crippen LogP contribution is -2.28. The summed E-state index contributed by atoms with van der Waals surface area (Å²) in [5.74, 6) is 0. The molecule has 1 rings (SSSR count). The van der Waals surface area contributed by atoms with Gasteiger partial charge in [-0.1, -0.05) is 31.5 Å². The molecule has 1 aromatic carbocycles. The normalized spacial score (nSPS) is 12.5. The molecule has 0 saturated heterocycles. The molecule has 2 N–H and O–H groups in total. The second-order valence-corrected chi connectivity index (χ2v) is 4.30. The number of aliphatic hydroxyl groups is 2. The van der Waals surface area contributed by atoms with Gasteiger partial charge in [0.25, 0.3) is 0 Å². The van der Waals surface area contributed by atoms with Crippen LogP contribution in [0.3, 0.4) is 0 Å². The van der Waals surface area contributed by atoms with E-state index >= 15 is 0 Å². The van der Waals surface area contributed by atoms with Crippen LogP contribution in [-0.2, 0) is 0 Å². The molecule has 0 aliphatic rings. The fourth-order valence-electron chi connectivity index (χ4n) is 1.95. The van der Waals surface area contributed by atoms with Crippen molar-refractivity contribution >= 4 is 5.69 Å². The Morgan fingerprint density at radius 1 is 1.24 bits per heavy atom. The second kappa shape index (κ2) is 7.30. The van der Waals surface area contributed by atoms with Gasteiger partial charge in [0.2, 0.25) is 0 Å². The molecule has 0 fully saturated rings. The number of benzene rings is 1. The van der Waals surface area contributed by atoms with Gasteiger partial charge in [-0.25, -0.2) is 0 Å². The first-order chi connectivity index (χ1) is 8.20. The van der Waals surface area contributed by atoms with Gasteiger partial charge in [-0.3, -0.25) is 0 Å². The van der Waals surface area contributed by atoms with Crippen molar-refractivity contribution in [2.75, 3.05) is 24.6 Å². The Hall–Kier alpha value is -1.06. The Balaban J connectivity index is 2.91. The first-order valence-electron chi connectivity index (χ1n) is 6.33. The summed E-state index contributed by atoms with van der Waals surface area (Å²) in [6, 6.07) is 7.85. The third-order valence-electron chi connectivity index (χ3n) is 2.88. The van der Waals surface area contributed by atoms with Crippen LogP contribution in [-0.4, -0.2) is 29.9 Å². The molecule has 0 aliphatic heterocycles. The summed E-state index contributed by atoms with van der Waals surface area (Å²) in [6.07, 6.45) is 1.74. The van der Waals surface area contributed by atoms with E-state index in [4.69, 9.17) is 5.11 Å². The van der Waals surface area contributed by atoms with Gasteiger partial charge in [-0.15, -0.1) is 0 Å². The Bertz CT molecular complexity index is 326. The molecule has 0 spiro atoms. The predicted molar refractivity (Wildman–Crippen MR) is 71.3 cm³/mol. The summed E-state index contributed by atoms with van der Waals surface area (Å²) in [6.45, 7) is 5.59. The molecule has 0 unspecified atom stereocenters. The van der Waals surface area contributed by atoms with Gasteiger partial charge >= 0.3 is 0 Å². The molecule has 1 atom stereocenters. The van der Waals surface area contributed by atoms with Gasteiger partial charge in [0, 0.05) is 24.3 Å². The molecule has 0 amide bonds. The molecule has 0 aliphatic carbocycles. The van der Waals surface area contributed by atoms with Crippen molar-refractivity contribution in [3.8, 4) is 0 Å². The van der Waals surface area contributed by atoms with Crippen LogP contribution in [0.25, 0.3) is 0 Å². The van der Waals surface area contributed by atoms with Crippen LogP contribution < -0.4 is 4.90 Å². The van der Waals surface area contributed by atoms with Crippen molar-refractivity contribution in [3.05, 3.63) is 29.8 Å². The molecule has 96 valence electrons. The molecule has 3 heteroatoms. The summed E-state index contributed by atoms with van der Waals surface area (Å²) in [5, 5.41) is 18.9.